The summed E-state index contributed by atoms with van der Waals surface area (Å²) >= 11 is 12.0. The number of cyclic esters (lactones) is 1. The summed E-state index contributed by atoms with van der Waals surface area (Å²) in [5.74, 6) is 0.235. The van der Waals surface area contributed by atoms with Crippen molar-refractivity contribution in [2.45, 2.75) is 0 Å². The van der Waals surface area contributed by atoms with E-state index >= 15 is 0 Å². The minimum absolute atomic E-state index is 0.00718. The topological polar surface area (TPSA) is 29.5 Å². The molecule has 2 heterocycles. The number of esters is 1. The Morgan fingerprint density at radius 1 is 1.18 bits per heavy atom. The number of anilines is 1. The van der Waals surface area contributed by atoms with Crippen LogP contribution < -0.4 is 4.90 Å². The molecular formula is C12H11Cl2NO2. The van der Waals surface area contributed by atoms with E-state index in [0.29, 0.717) is 29.1 Å². The van der Waals surface area contributed by atoms with Crippen LogP contribution in [0.3, 0.4) is 0 Å². The predicted octanol–water partition coefficient (Wildman–Crippen LogP) is 2.60. The van der Waals surface area contributed by atoms with Gasteiger partial charge in [-0.2, -0.15) is 0 Å². The van der Waals surface area contributed by atoms with Crippen LogP contribution in [0.15, 0.2) is 18.2 Å². The van der Waals surface area contributed by atoms with Crippen molar-refractivity contribution in [2.75, 3.05) is 24.6 Å². The molecule has 2 aliphatic rings. The summed E-state index contributed by atoms with van der Waals surface area (Å²) in [7, 11) is 0. The Kier molecular flexibility index (Phi) is 2.68. The highest BCUT2D eigenvalue weighted by Crippen LogP contribution is 2.35. The van der Waals surface area contributed by atoms with Crippen LogP contribution in [-0.4, -0.2) is 25.7 Å². The first-order valence-corrected chi connectivity index (χ1v) is 6.27. The van der Waals surface area contributed by atoms with Crippen LogP contribution in [0.1, 0.15) is 0 Å². The fraction of sp³-hybridized carbons (Fsp3) is 0.417. The fourth-order valence-corrected chi connectivity index (χ4v) is 3.05. The summed E-state index contributed by atoms with van der Waals surface area (Å²) in [5, 5.41) is 1.24. The summed E-state index contributed by atoms with van der Waals surface area (Å²) in [5.41, 5.74) is 0.977. The highest BCUT2D eigenvalue weighted by Gasteiger charge is 2.44. The largest absolute Gasteiger partial charge is 0.465 e. The molecule has 0 N–H and O–H groups in total. The standard InChI is InChI=1S/C12H11Cl2NO2/c13-8-1-9(14)3-10(2-8)15-4-7-6-17-12(16)11(7)5-15/h1-3,7,11H,4-6H2. The summed E-state index contributed by atoms with van der Waals surface area (Å²) < 4.78 is 5.03. The quantitative estimate of drug-likeness (QED) is 0.736. The molecule has 1 aromatic rings. The third-order valence-electron chi connectivity index (χ3n) is 3.40. The van der Waals surface area contributed by atoms with Gasteiger partial charge in [0, 0.05) is 34.7 Å². The summed E-state index contributed by atoms with van der Waals surface area (Å²) in [6.07, 6.45) is 0. The van der Waals surface area contributed by atoms with Crippen molar-refractivity contribution in [3.05, 3.63) is 28.2 Å². The van der Waals surface area contributed by atoms with Crippen molar-refractivity contribution in [3.8, 4) is 0 Å². The summed E-state index contributed by atoms with van der Waals surface area (Å²) in [4.78, 5) is 13.6. The molecule has 2 unspecified atom stereocenters. The molecule has 0 aromatic heterocycles. The van der Waals surface area contributed by atoms with Crippen LogP contribution in [0, 0.1) is 11.8 Å². The lowest BCUT2D eigenvalue weighted by atomic mass is 10.0. The monoisotopic (exact) mass is 271 g/mol. The predicted molar refractivity (Wildman–Crippen MR) is 66.6 cm³/mol. The zero-order valence-corrected chi connectivity index (χ0v) is 10.5. The number of nitrogens with zero attached hydrogens (tertiary/aromatic N) is 1. The molecule has 2 aliphatic heterocycles. The van der Waals surface area contributed by atoms with Gasteiger partial charge < -0.3 is 9.64 Å². The highest BCUT2D eigenvalue weighted by atomic mass is 35.5. The zero-order chi connectivity index (χ0) is 12.0. The van der Waals surface area contributed by atoms with E-state index in [1.165, 1.54) is 0 Å². The second-order valence-electron chi connectivity index (χ2n) is 4.53. The molecule has 2 atom stereocenters. The molecular weight excluding hydrogens is 261 g/mol. The molecule has 2 fully saturated rings. The Bertz CT molecular complexity index is 457. The molecule has 17 heavy (non-hydrogen) atoms. The molecule has 3 rings (SSSR count). The number of ether oxygens (including phenoxy) is 1. The van der Waals surface area contributed by atoms with Gasteiger partial charge >= 0.3 is 5.97 Å². The molecule has 0 saturated carbocycles. The van der Waals surface area contributed by atoms with E-state index in [9.17, 15) is 4.79 Å². The van der Waals surface area contributed by atoms with Gasteiger partial charge in [0.25, 0.3) is 0 Å². The molecule has 0 amide bonds. The Morgan fingerprint density at radius 3 is 2.53 bits per heavy atom. The lowest BCUT2D eigenvalue weighted by molar-refractivity contribution is -0.140. The van der Waals surface area contributed by atoms with Crippen molar-refractivity contribution in [1.29, 1.82) is 0 Å². The van der Waals surface area contributed by atoms with Gasteiger partial charge in [-0.3, -0.25) is 4.79 Å². The van der Waals surface area contributed by atoms with Gasteiger partial charge in [0.05, 0.1) is 12.5 Å². The van der Waals surface area contributed by atoms with E-state index in [1.54, 1.807) is 6.07 Å². The van der Waals surface area contributed by atoms with E-state index in [4.69, 9.17) is 27.9 Å². The van der Waals surface area contributed by atoms with E-state index in [-0.39, 0.29) is 11.9 Å². The minimum Gasteiger partial charge on any atom is -0.465 e. The number of benzene rings is 1. The number of hydrogen-bond donors (Lipinski definition) is 0. The van der Waals surface area contributed by atoms with Crippen molar-refractivity contribution in [3.63, 3.8) is 0 Å². The Balaban J connectivity index is 1.85. The van der Waals surface area contributed by atoms with Gasteiger partial charge in [-0.25, -0.2) is 0 Å². The van der Waals surface area contributed by atoms with Crippen LogP contribution in [0.2, 0.25) is 10.0 Å². The first-order valence-electron chi connectivity index (χ1n) is 5.51. The van der Waals surface area contributed by atoms with Crippen molar-refractivity contribution in [1.82, 2.24) is 0 Å². The van der Waals surface area contributed by atoms with Crippen LogP contribution in [0.5, 0.6) is 0 Å². The number of carbonyl (C=O) groups is 1. The minimum atomic E-state index is -0.0781. The average molecular weight is 272 g/mol. The van der Waals surface area contributed by atoms with Gasteiger partial charge in [-0.05, 0) is 18.2 Å². The third-order valence-corrected chi connectivity index (χ3v) is 3.83. The van der Waals surface area contributed by atoms with Crippen molar-refractivity contribution < 1.29 is 9.53 Å². The van der Waals surface area contributed by atoms with E-state index in [0.717, 1.165) is 12.2 Å². The molecule has 90 valence electrons. The Labute approximate surface area is 109 Å². The van der Waals surface area contributed by atoms with Crippen LogP contribution in [0.25, 0.3) is 0 Å². The van der Waals surface area contributed by atoms with Crippen LogP contribution in [-0.2, 0) is 9.53 Å². The molecule has 5 heteroatoms. The van der Waals surface area contributed by atoms with Crippen LogP contribution in [0.4, 0.5) is 5.69 Å². The lowest BCUT2D eigenvalue weighted by Gasteiger charge is -2.19. The van der Waals surface area contributed by atoms with Gasteiger partial charge in [-0.15, -0.1) is 0 Å². The molecule has 0 spiro atoms. The number of fused-ring (bicyclic) bond motifs is 1. The molecule has 3 nitrogen and oxygen atoms in total. The highest BCUT2D eigenvalue weighted by molar-refractivity contribution is 6.35. The zero-order valence-electron chi connectivity index (χ0n) is 9.03. The summed E-state index contributed by atoms with van der Waals surface area (Å²) in [6, 6.07) is 5.46. The second kappa shape index (κ2) is 4.07. The third kappa shape index (κ3) is 1.98. The van der Waals surface area contributed by atoms with Gasteiger partial charge in [0.2, 0.25) is 0 Å². The Hall–Kier alpha value is -0.930. The lowest BCUT2D eigenvalue weighted by Crippen LogP contribution is -2.23. The van der Waals surface area contributed by atoms with Gasteiger partial charge in [-0.1, -0.05) is 23.2 Å². The molecule has 1 aromatic carbocycles. The normalized spacial score (nSPS) is 27.2. The number of rotatable bonds is 1. The number of carbonyl (C=O) groups excluding carboxylic acids is 1. The Morgan fingerprint density at radius 2 is 1.88 bits per heavy atom. The maximum Gasteiger partial charge on any atom is 0.311 e. The molecule has 0 radical (unpaired) electrons. The SMILES string of the molecule is O=C1OCC2CN(c3cc(Cl)cc(Cl)c3)CC12. The van der Waals surface area contributed by atoms with E-state index in [2.05, 4.69) is 4.90 Å². The number of halogens is 2. The fourth-order valence-electron chi connectivity index (χ4n) is 2.54. The first-order chi connectivity index (χ1) is 8.13. The van der Waals surface area contributed by atoms with E-state index in [1.807, 2.05) is 12.1 Å². The molecule has 0 aliphatic carbocycles. The van der Waals surface area contributed by atoms with Gasteiger partial charge in [0.15, 0.2) is 0 Å². The van der Waals surface area contributed by atoms with Gasteiger partial charge in [0.1, 0.15) is 0 Å². The van der Waals surface area contributed by atoms with Crippen molar-refractivity contribution >= 4 is 34.9 Å². The summed E-state index contributed by atoms with van der Waals surface area (Å²) in [6.45, 7) is 2.06. The molecule has 2 saturated heterocycles. The maximum absolute atomic E-state index is 11.5. The molecule has 0 bridgehead atoms. The average Bonchev–Trinajstić information content (AvgIpc) is 2.80. The smallest absolute Gasteiger partial charge is 0.311 e. The van der Waals surface area contributed by atoms with Crippen LogP contribution >= 0.6 is 23.2 Å². The van der Waals surface area contributed by atoms with E-state index < -0.39 is 0 Å². The van der Waals surface area contributed by atoms with Crippen molar-refractivity contribution in [2.24, 2.45) is 11.8 Å². The maximum atomic E-state index is 11.5. The second-order valence-corrected chi connectivity index (χ2v) is 5.40. The first kappa shape index (κ1) is 11.2. The number of hydrogen-bond acceptors (Lipinski definition) is 3.